The third kappa shape index (κ3) is 2.14. The fourth-order valence-electron chi connectivity index (χ4n) is 3.21. The van der Waals surface area contributed by atoms with Crippen molar-refractivity contribution in [3.63, 3.8) is 0 Å². The van der Waals surface area contributed by atoms with Crippen LogP contribution in [-0.2, 0) is 11.2 Å². The highest BCUT2D eigenvalue weighted by Gasteiger charge is 2.28. The molecule has 2 aliphatic rings. The maximum absolute atomic E-state index is 13.1. The van der Waals surface area contributed by atoms with Crippen LogP contribution in [0.1, 0.15) is 49.3 Å². The molecule has 0 spiro atoms. The van der Waals surface area contributed by atoms with Gasteiger partial charge in [-0.3, -0.25) is 4.79 Å². The van der Waals surface area contributed by atoms with Crippen molar-refractivity contribution in [2.45, 2.75) is 44.6 Å². The molecule has 3 rings (SSSR count). The molecule has 1 aromatic carbocycles. The molecular formula is C15H18FNO. The molecule has 2 nitrogen and oxygen atoms in total. The van der Waals surface area contributed by atoms with Crippen LogP contribution in [0, 0.1) is 11.7 Å². The zero-order chi connectivity index (χ0) is 12.5. The van der Waals surface area contributed by atoms with Gasteiger partial charge in [-0.25, -0.2) is 4.39 Å². The van der Waals surface area contributed by atoms with Crippen LogP contribution in [0.25, 0.3) is 0 Å². The molecule has 18 heavy (non-hydrogen) atoms. The Bertz CT molecular complexity index is 466. The summed E-state index contributed by atoms with van der Waals surface area (Å²) in [6, 6.07) is 4.99. The van der Waals surface area contributed by atoms with Gasteiger partial charge in [0.05, 0.1) is 6.04 Å². The van der Waals surface area contributed by atoms with E-state index in [0.717, 1.165) is 36.8 Å². The van der Waals surface area contributed by atoms with Gasteiger partial charge in [-0.05, 0) is 48.9 Å². The summed E-state index contributed by atoms with van der Waals surface area (Å²) in [5.74, 6) is 0.209. The first-order valence-electron chi connectivity index (χ1n) is 6.83. The predicted octanol–water partition coefficient (Wildman–Crippen LogP) is 3.12. The number of halogens is 1. The fraction of sp³-hybridized carbons (Fsp3) is 0.533. The first kappa shape index (κ1) is 11.7. The van der Waals surface area contributed by atoms with E-state index in [9.17, 15) is 9.18 Å². The van der Waals surface area contributed by atoms with E-state index in [1.165, 1.54) is 18.9 Å². The summed E-state index contributed by atoms with van der Waals surface area (Å²) in [7, 11) is 0. The molecule has 1 amide bonds. The molecule has 0 aliphatic heterocycles. The number of nitrogens with one attached hydrogen (secondary N) is 1. The van der Waals surface area contributed by atoms with Gasteiger partial charge in [0.2, 0.25) is 5.91 Å². The molecule has 1 unspecified atom stereocenters. The Morgan fingerprint density at radius 3 is 2.78 bits per heavy atom. The van der Waals surface area contributed by atoms with Crippen molar-refractivity contribution in [1.82, 2.24) is 5.32 Å². The summed E-state index contributed by atoms with van der Waals surface area (Å²) in [6.45, 7) is 0. The standard InChI is InChI=1S/C15H18FNO/c16-12-6-7-13-11(9-12)5-8-14(13)17-15(18)10-3-1-2-4-10/h6-7,9-10,14H,1-5,8H2,(H,17,18). The summed E-state index contributed by atoms with van der Waals surface area (Å²) in [5, 5.41) is 3.14. The van der Waals surface area contributed by atoms with E-state index in [0.29, 0.717) is 0 Å². The fourth-order valence-corrected chi connectivity index (χ4v) is 3.21. The third-order valence-corrected chi connectivity index (χ3v) is 4.23. The van der Waals surface area contributed by atoms with Crippen LogP contribution in [0.15, 0.2) is 18.2 Å². The Morgan fingerprint density at radius 1 is 1.22 bits per heavy atom. The minimum absolute atomic E-state index is 0.0914. The van der Waals surface area contributed by atoms with Gasteiger partial charge in [0.25, 0.3) is 0 Å². The molecule has 0 radical (unpaired) electrons. The van der Waals surface area contributed by atoms with Crippen LogP contribution in [0.3, 0.4) is 0 Å². The number of fused-ring (bicyclic) bond motifs is 1. The van der Waals surface area contributed by atoms with Gasteiger partial charge in [0.15, 0.2) is 0 Å². The van der Waals surface area contributed by atoms with Crippen LogP contribution in [0.5, 0.6) is 0 Å². The molecule has 0 bridgehead atoms. The molecule has 3 heteroatoms. The average Bonchev–Trinajstić information content (AvgIpc) is 2.98. The second kappa shape index (κ2) is 4.71. The summed E-state index contributed by atoms with van der Waals surface area (Å²) >= 11 is 0. The first-order chi connectivity index (χ1) is 8.74. The SMILES string of the molecule is O=C(NC1CCc2cc(F)ccc21)C1CCCC1. The molecule has 2 aliphatic carbocycles. The van der Waals surface area contributed by atoms with Crippen molar-refractivity contribution in [3.05, 3.63) is 35.1 Å². The van der Waals surface area contributed by atoms with Crippen LogP contribution in [0.2, 0.25) is 0 Å². The zero-order valence-electron chi connectivity index (χ0n) is 10.4. The summed E-state index contributed by atoms with van der Waals surface area (Å²) < 4.78 is 13.1. The van der Waals surface area contributed by atoms with Crippen molar-refractivity contribution in [3.8, 4) is 0 Å². The van der Waals surface area contributed by atoms with Crippen molar-refractivity contribution in [2.24, 2.45) is 5.92 Å². The molecule has 1 atom stereocenters. The third-order valence-electron chi connectivity index (χ3n) is 4.23. The van der Waals surface area contributed by atoms with Crippen molar-refractivity contribution < 1.29 is 9.18 Å². The number of carbonyl (C=O) groups is 1. The van der Waals surface area contributed by atoms with Crippen molar-refractivity contribution in [1.29, 1.82) is 0 Å². The Labute approximate surface area is 107 Å². The molecule has 1 saturated carbocycles. The highest BCUT2D eigenvalue weighted by atomic mass is 19.1. The normalized spacial score (nSPS) is 23.1. The Balaban J connectivity index is 1.70. The minimum Gasteiger partial charge on any atom is -0.349 e. The summed E-state index contributed by atoms with van der Waals surface area (Å²) in [5.41, 5.74) is 2.15. The van der Waals surface area contributed by atoms with Crippen molar-refractivity contribution in [2.75, 3.05) is 0 Å². The second-order valence-corrected chi connectivity index (χ2v) is 5.42. The number of aryl methyl sites for hydroxylation is 1. The minimum atomic E-state index is -0.184. The van der Waals surface area contributed by atoms with E-state index in [-0.39, 0.29) is 23.7 Å². The zero-order valence-corrected chi connectivity index (χ0v) is 10.4. The predicted molar refractivity (Wildman–Crippen MR) is 67.6 cm³/mol. The molecule has 1 aromatic rings. The number of amides is 1. The van der Waals surface area contributed by atoms with Gasteiger partial charge >= 0.3 is 0 Å². The van der Waals surface area contributed by atoms with Gasteiger partial charge in [0, 0.05) is 5.92 Å². The van der Waals surface area contributed by atoms with E-state index >= 15 is 0 Å². The van der Waals surface area contributed by atoms with E-state index in [2.05, 4.69) is 5.32 Å². The molecule has 0 heterocycles. The van der Waals surface area contributed by atoms with Crippen LogP contribution < -0.4 is 5.32 Å². The molecule has 1 fully saturated rings. The van der Waals surface area contributed by atoms with E-state index in [4.69, 9.17) is 0 Å². The molecule has 96 valence electrons. The van der Waals surface area contributed by atoms with E-state index < -0.39 is 0 Å². The summed E-state index contributed by atoms with van der Waals surface area (Å²) in [6.07, 6.45) is 6.15. The molecule has 1 N–H and O–H groups in total. The number of rotatable bonds is 2. The highest BCUT2D eigenvalue weighted by Crippen LogP contribution is 2.33. The largest absolute Gasteiger partial charge is 0.349 e. The summed E-state index contributed by atoms with van der Waals surface area (Å²) in [4.78, 5) is 12.1. The molecular weight excluding hydrogens is 229 g/mol. The smallest absolute Gasteiger partial charge is 0.223 e. The lowest BCUT2D eigenvalue weighted by molar-refractivity contribution is -0.125. The van der Waals surface area contributed by atoms with Crippen LogP contribution >= 0.6 is 0 Å². The van der Waals surface area contributed by atoms with Gasteiger partial charge in [-0.1, -0.05) is 18.9 Å². The monoisotopic (exact) mass is 247 g/mol. The average molecular weight is 247 g/mol. The lowest BCUT2D eigenvalue weighted by atomic mass is 10.0. The number of benzene rings is 1. The van der Waals surface area contributed by atoms with Gasteiger partial charge < -0.3 is 5.32 Å². The molecule has 0 aromatic heterocycles. The maximum Gasteiger partial charge on any atom is 0.223 e. The number of hydrogen-bond acceptors (Lipinski definition) is 1. The quantitative estimate of drug-likeness (QED) is 0.854. The first-order valence-corrected chi connectivity index (χ1v) is 6.83. The van der Waals surface area contributed by atoms with E-state index in [1.54, 1.807) is 6.07 Å². The maximum atomic E-state index is 13.1. The highest BCUT2D eigenvalue weighted by molar-refractivity contribution is 5.79. The van der Waals surface area contributed by atoms with Crippen LogP contribution in [-0.4, -0.2) is 5.91 Å². The lowest BCUT2D eigenvalue weighted by Gasteiger charge is -2.17. The number of hydrogen-bond donors (Lipinski definition) is 1. The van der Waals surface area contributed by atoms with Gasteiger partial charge in [-0.15, -0.1) is 0 Å². The Hall–Kier alpha value is -1.38. The number of carbonyl (C=O) groups excluding carboxylic acids is 1. The van der Waals surface area contributed by atoms with E-state index in [1.807, 2.05) is 6.07 Å². The molecule has 0 saturated heterocycles. The lowest BCUT2D eigenvalue weighted by Crippen LogP contribution is -2.32. The van der Waals surface area contributed by atoms with Crippen molar-refractivity contribution >= 4 is 5.91 Å². The Morgan fingerprint density at radius 2 is 2.00 bits per heavy atom. The topological polar surface area (TPSA) is 29.1 Å². The van der Waals surface area contributed by atoms with Crippen LogP contribution in [0.4, 0.5) is 4.39 Å². The van der Waals surface area contributed by atoms with Gasteiger partial charge in [-0.2, -0.15) is 0 Å². The Kier molecular flexibility index (Phi) is 3.06. The van der Waals surface area contributed by atoms with Gasteiger partial charge in [0.1, 0.15) is 5.82 Å². The second-order valence-electron chi connectivity index (χ2n) is 5.42.